The van der Waals surface area contributed by atoms with Crippen LogP contribution >= 0.6 is 0 Å². The molecule has 5 nitrogen and oxygen atoms in total. The summed E-state index contributed by atoms with van der Waals surface area (Å²) in [7, 11) is 1.27. The van der Waals surface area contributed by atoms with E-state index in [0.29, 0.717) is 12.3 Å². The number of methoxy groups -OCH3 is 1. The molecule has 0 radical (unpaired) electrons. The number of aromatic nitrogens is 2. The number of hydrogen-bond acceptors (Lipinski definition) is 5. The minimum Gasteiger partial charge on any atom is -0.462 e. The lowest BCUT2D eigenvalue weighted by atomic mass is 9.92. The summed E-state index contributed by atoms with van der Waals surface area (Å²) in [6.07, 6.45) is 0.636. The van der Waals surface area contributed by atoms with Crippen LogP contribution in [0, 0.1) is 5.41 Å². The lowest BCUT2D eigenvalue weighted by molar-refractivity contribution is 0.0553. The normalized spacial score (nSPS) is 11.4. The molecule has 1 aromatic heterocycles. The number of rotatable bonds is 2. The number of hydrogen-bond donors (Lipinski definition) is 0. The summed E-state index contributed by atoms with van der Waals surface area (Å²) in [5.74, 6) is -0.234. The third-order valence-electron chi connectivity index (χ3n) is 1.51. The molecule has 0 atom stereocenters. The van der Waals surface area contributed by atoms with E-state index in [1.807, 2.05) is 0 Å². The monoisotopic (exact) mass is 198 g/mol. The van der Waals surface area contributed by atoms with E-state index in [2.05, 4.69) is 35.7 Å². The molecule has 0 aliphatic heterocycles. The summed E-state index contributed by atoms with van der Waals surface area (Å²) in [5.41, 5.74) is 0.0555. The molecule has 0 bridgehead atoms. The van der Waals surface area contributed by atoms with Crippen LogP contribution < -0.4 is 0 Å². The van der Waals surface area contributed by atoms with Gasteiger partial charge in [-0.15, -0.1) is 10.2 Å². The van der Waals surface area contributed by atoms with Crippen LogP contribution in [-0.4, -0.2) is 23.3 Å². The minimum atomic E-state index is -0.599. The van der Waals surface area contributed by atoms with E-state index in [1.165, 1.54) is 7.11 Å². The Morgan fingerprint density at radius 2 is 2.07 bits per heavy atom. The Labute approximate surface area is 82.5 Å². The highest BCUT2D eigenvalue weighted by atomic mass is 16.5. The first-order valence-corrected chi connectivity index (χ1v) is 4.33. The first kappa shape index (κ1) is 10.7. The first-order chi connectivity index (χ1) is 6.42. The van der Waals surface area contributed by atoms with Crippen LogP contribution in [0.5, 0.6) is 0 Å². The van der Waals surface area contributed by atoms with Crippen LogP contribution in [0.25, 0.3) is 0 Å². The van der Waals surface area contributed by atoms with Crippen molar-refractivity contribution in [2.45, 2.75) is 27.2 Å². The zero-order chi connectivity index (χ0) is 10.8. The fraction of sp³-hybridized carbons (Fsp3) is 0.667. The molecule has 0 unspecified atom stereocenters. The van der Waals surface area contributed by atoms with E-state index in [0.717, 1.165) is 0 Å². The molecule has 0 aromatic carbocycles. The van der Waals surface area contributed by atoms with Gasteiger partial charge in [-0.1, -0.05) is 20.8 Å². The zero-order valence-electron chi connectivity index (χ0n) is 8.83. The van der Waals surface area contributed by atoms with Crippen LogP contribution in [-0.2, 0) is 11.2 Å². The Morgan fingerprint density at radius 3 is 2.57 bits per heavy atom. The first-order valence-electron chi connectivity index (χ1n) is 4.33. The topological polar surface area (TPSA) is 65.2 Å². The van der Waals surface area contributed by atoms with E-state index in [1.54, 1.807) is 0 Å². The van der Waals surface area contributed by atoms with Crippen LogP contribution in [0.4, 0.5) is 0 Å². The summed E-state index contributed by atoms with van der Waals surface area (Å²) in [4.78, 5) is 11.0. The van der Waals surface area contributed by atoms with Crippen molar-refractivity contribution in [3.63, 3.8) is 0 Å². The molecule has 0 spiro atoms. The molecule has 0 N–H and O–H groups in total. The van der Waals surface area contributed by atoms with E-state index >= 15 is 0 Å². The van der Waals surface area contributed by atoms with Crippen molar-refractivity contribution in [1.82, 2.24) is 10.2 Å². The SMILES string of the molecule is COC(=O)c1nnc(CC(C)(C)C)o1. The fourth-order valence-electron chi connectivity index (χ4n) is 0.949. The molecule has 0 amide bonds. The van der Waals surface area contributed by atoms with Gasteiger partial charge in [0.05, 0.1) is 7.11 Å². The fourth-order valence-corrected chi connectivity index (χ4v) is 0.949. The molecular formula is C9H14N2O3. The molecule has 14 heavy (non-hydrogen) atoms. The largest absolute Gasteiger partial charge is 0.462 e. The van der Waals surface area contributed by atoms with Crippen molar-refractivity contribution in [3.8, 4) is 0 Å². The van der Waals surface area contributed by atoms with Crippen LogP contribution in [0.2, 0.25) is 0 Å². The number of carbonyl (C=O) groups is 1. The third-order valence-corrected chi connectivity index (χ3v) is 1.51. The van der Waals surface area contributed by atoms with Crippen molar-refractivity contribution in [1.29, 1.82) is 0 Å². The number of esters is 1. The van der Waals surface area contributed by atoms with Gasteiger partial charge in [-0.2, -0.15) is 0 Å². The number of ether oxygens (including phenoxy) is 1. The minimum absolute atomic E-state index is 0.0555. The average Bonchev–Trinajstić information content (AvgIpc) is 2.48. The van der Waals surface area contributed by atoms with Crippen molar-refractivity contribution < 1.29 is 13.9 Å². The molecule has 5 heteroatoms. The lowest BCUT2D eigenvalue weighted by Gasteiger charge is -2.13. The summed E-state index contributed by atoms with van der Waals surface area (Å²) in [6, 6.07) is 0. The smallest absolute Gasteiger partial charge is 0.396 e. The standard InChI is InChI=1S/C9H14N2O3/c1-9(2,3)5-6-10-11-7(14-6)8(12)13-4/h5H2,1-4H3. The molecule has 78 valence electrons. The highest BCUT2D eigenvalue weighted by Gasteiger charge is 2.19. The summed E-state index contributed by atoms with van der Waals surface area (Å²) < 4.78 is 9.56. The highest BCUT2D eigenvalue weighted by Crippen LogP contribution is 2.19. The second-order valence-electron chi connectivity index (χ2n) is 4.23. The molecule has 0 fully saturated rings. The second-order valence-corrected chi connectivity index (χ2v) is 4.23. The van der Waals surface area contributed by atoms with Crippen molar-refractivity contribution in [2.75, 3.05) is 7.11 Å². The van der Waals surface area contributed by atoms with Gasteiger partial charge in [0.2, 0.25) is 5.89 Å². The van der Waals surface area contributed by atoms with Gasteiger partial charge >= 0.3 is 11.9 Å². The second kappa shape index (κ2) is 3.77. The molecule has 0 saturated carbocycles. The van der Waals surface area contributed by atoms with Crippen LogP contribution in [0.15, 0.2) is 4.42 Å². The maximum Gasteiger partial charge on any atom is 0.396 e. The van der Waals surface area contributed by atoms with Crippen molar-refractivity contribution in [3.05, 3.63) is 11.8 Å². The van der Waals surface area contributed by atoms with Gasteiger partial charge in [-0.25, -0.2) is 4.79 Å². The zero-order valence-corrected chi connectivity index (χ0v) is 8.83. The predicted octanol–water partition coefficient (Wildman–Crippen LogP) is 1.44. The lowest BCUT2D eigenvalue weighted by Crippen LogP contribution is -2.09. The molecular weight excluding hydrogens is 184 g/mol. The van der Waals surface area contributed by atoms with Crippen LogP contribution in [0.1, 0.15) is 37.3 Å². The maximum absolute atomic E-state index is 11.0. The molecule has 1 heterocycles. The predicted molar refractivity (Wildman–Crippen MR) is 48.8 cm³/mol. The Kier molecular flexibility index (Phi) is 2.88. The maximum atomic E-state index is 11.0. The number of nitrogens with zero attached hydrogens (tertiary/aromatic N) is 2. The number of carbonyl (C=O) groups excluding carboxylic acids is 1. The van der Waals surface area contributed by atoms with E-state index in [-0.39, 0.29) is 11.3 Å². The third kappa shape index (κ3) is 2.83. The Hall–Kier alpha value is -1.39. The molecule has 1 aromatic rings. The summed E-state index contributed by atoms with van der Waals surface area (Å²) >= 11 is 0. The molecule has 0 aliphatic carbocycles. The summed E-state index contributed by atoms with van der Waals surface area (Å²) in [6.45, 7) is 6.15. The summed E-state index contributed by atoms with van der Waals surface area (Å²) in [5, 5.41) is 7.33. The Morgan fingerprint density at radius 1 is 1.43 bits per heavy atom. The Balaban J connectivity index is 2.74. The van der Waals surface area contributed by atoms with Gasteiger partial charge < -0.3 is 9.15 Å². The van der Waals surface area contributed by atoms with E-state index < -0.39 is 5.97 Å². The average molecular weight is 198 g/mol. The quantitative estimate of drug-likeness (QED) is 0.673. The van der Waals surface area contributed by atoms with Crippen molar-refractivity contribution >= 4 is 5.97 Å². The van der Waals surface area contributed by atoms with Crippen molar-refractivity contribution in [2.24, 2.45) is 5.41 Å². The highest BCUT2D eigenvalue weighted by molar-refractivity contribution is 5.83. The molecule has 0 aliphatic rings. The van der Waals surface area contributed by atoms with Gasteiger partial charge in [-0.05, 0) is 5.41 Å². The van der Waals surface area contributed by atoms with Gasteiger partial charge in [0.1, 0.15) is 0 Å². The molecule has 1 rings (SSSR count). The van der Waals surface area contributed by atoms with E-state index in [4.69, 9.17) is 4.42 Å². The van der Waals surface area contributed by atoms with E-state index in [9.17, 15) is 4.79 Å². The Bertz CT molecular complexity index is 325. The van der Waals surface area contributed by atoms with Gasteiger partial charge in [-0.3, -0.25) is 0 Å². The van der Waals surface area contributed by atoms with Gasteiger partial charge in [0.15, 0.2) is 0 Å². The van der Waals surface area contributed by atoms with Gasteiger partial charge in [0, 0.05) is 6.42 Å². The van der Waals surface area contributed by atoms with Crippen LogP contribution in [0.3, 0.4) is 0 Å². The van der Waals surface area contributed by atoms with Gasteiger partial charge in [0.25, 0.3) is 0 Å². The molecule has 0 saturated heterocycles.